The van der Waals surface area contributed by atoms with E-state index in [1.54, 1.807) is 34.9 Å². The minimum absolute atomic E-state index is 0.118. The third kappa shape index (κ3) is 3.27. The zero-order valence-electron chi connectivity index (χ0n) is 15.8. The number of amides is 2. The standard InChI is InChI=1S/C20H24N2O6/c1-20(19(25)26)5-2-6-21(12-20)18(24)13-9-17(23)22(11-13)14-3-4-15-16(10-14)28-8-7-27-15/h3-4,10,13H,2,5-9,11-12H2,1H3,(H,25,26). The van der Waals surface area contributed by atoms with Gasteiger partial charge in [0.05, 0.1) is 11.3 Å². The molecular formula is C20H24N2O6. The molecule has 0 saturated carbocycles. The lowest BCUT2D eigenvalue weighted by molar-refractivity contribution is -0.154. The van der Waals surface area contributed by atoms with Gasteiger partial charge < -0.3 is 24.4 Å². The van der Waals surface area contributed by atoms with Crippen molar-refractivity contribution >= 4 is 23.5 Å². The van der Waals surface area contributed by atoms with Crippen LogP contribution in [-0.2, 0) is 14.4 Å². The number of carboxylic acids is 1. The molecule has 3 heterocycles. The molecule has 1 aromatic rings. The molecule has 8 nitrogen and oxygen atoms in total. The zero-order valence-corrected chi connectivity index (χ0v) is 15.8. The summed E-state index contributed by atoms with van der Waals surface area (Å²) in [6.45, 7) is 3.65. The summed E-state index contributed by atoms with van der Waals surface area (Å²) in [7, 11) is 0. The van der Waals surface area contributed by atoms with Gasteiger partial charge in [-0.25, -0.2) is 0 Å². The summed E-state index contributed by atoms with van der Waals surface area (Å²) in [6, 6.07) is 5.33. The molecule has 2 amide bonds. The van der Waals surface area contributed by atoms with Crippen LogP contribution in [0.25, 0.3) is 0 Å². The van der Waals surface area contributed by atoms with Crippen LogP contribution in [0.2, 0.25) is 0 Å². The first-order chi connectivity index (χ1) is 13.4. The third-order valence-electron chi connectivity index (χ3n) is 5.84. The van der Waals surface area contributed by atoms with Gasteiger partial charge in [-0.2, -0.15) is 0 Å². The highest BCUT2D eigenvalue weighted by Gasteiger charge is 2.43. The summed E-state index contributed by atoms with van der Waals surface area (Å²) in [5.41, 5.74) is -0.245. The van der Waals surface area contributed by atoms with Gasteiger partial charge in [-0.15, -0.1) is 0 Å². The highest BCUT2D eigenvalue weighted by atomic mass is 16.6. The fourth-order valence-corrected chi connectivity index (χ4v) is 4.18. The predicted octanol–water partition coefficient (Wildman–Crippen LogP) is 1.52. The summed E-state index contributed by atoms with van der Waals surface area (Å²) in [6.07, 6.45) is 1.34. The zero-order chi connectivity index (χ0) is 19.9. The normalized spacial score (nSPS) is 27.0. The Balaban J connectivity index is 1.47. The van der Waals surface area contributed by atoms with Crippen molar-refractivity contribution < 1.29 is 29.0 Å². The molecule has 1 N–H and O–H groups in total. The van der Waals surface area contributed by atoms with Gasteiger partial charge >= 0.3 is 5.97 Å². The molecule has 3 aliphatic rings. The van der Waals surface area contributed by atoms with Crippen molar-refractivity contribution in [2.45, 2.75) is 26.2 Å². The summed E-state index contributed by atoms with van der Waals surface area (Å²) >= 11 is 0. The number of aliphatic carboxylic acids is 1. The van der Waals surface area contributed by atoms with Crippen LogP contribution in [0.1, 0.15) is 26.2 Å². The average Bonchev–Trinajstić information content (AvgIpc) is 3.08. The van der Waals surface area contributed by atoms with E-state index in [4.69, 9.17) is 9.47 Å². The molecule has 2 atom stereocenters. The SMILES string of the molecule is CC1(C(=O)O)CCCN(C(=O)C2CC(=O)N(c3ccc4c(c3)OCCO4)C2)C1. The van der Waals surface area contributed by atoms with Crippen molar-refractivity contribution in [3.8, 4) is 11.5 Å². The number of fused-ring (bicyclic) bond motifs is 1. The fraction of sp³-hybridized carbons (Fsp3) is 0.550. The number of anilines is 1. The fourth-order valence-electron chi connectivity index (χ4n) is 4.18. The second-order valence-corrected chi connectivity index (χ2v) is 7.96. The number of carboxylic acid groups (broad SMARTS) is 1. The predicted molar refractivity (Wildman–Crippen MR) is 99.4 cm³/mol. The first-order valence-electron chi connectivity index (χ1n) is 9.59. The summed E-state index contributed by atoms with van der Waals surface area (Å²) in [5.74, 6) is -0.356. The average molecular weight is 388 g/mol. The Morgan fingerprint density at radius 2 is 1.96 bits per heavy atom. The van der Waals surface area contributed by atoms with Crippen LogP contribution in [0.5, 0.6) is 11.5 Å². The van der Waals surface area contributed by atoms with E-state index in [2.05, 4.69) is 0 Å². The lowest BCUT2D eigenvalue weighted by atomic mass is 9.81. The summed E-state index contributed by atoms with van der Waals surface area (Å²) < 4.78 is 11.1. The van der Waals surface area contributed by atoms with Gasteiger partial charge in [0.1, 0.15) is 13.2 Å². The number of piperidine rings is 1. The number of rotatable bonds is 3. The molecule has 2 fully saturated rings. The molecule has 0 aliphatic carbocycles. The molecule has 2 saturated heterocycles. The first kappa shape index (κ1) is 18.6. The lowest BCUT2D eigenvalue weighted by Crippen LogP contribution is -2.50. The van der Waals surface area contributed by atoms with Crippen LogP contribution < -0.4 is 14.4 Å². The first-order valence-corrected chi connectivity index (χ1v) is 9.59. The number of benzene rings is 1. The van der Waals surface area contributed by atoms with Crippen LogP contribution in [-0.4, -0.2) is 60.6 Å². The van der Waals surface area contributed by atoms with Crippen LogP contribution in [0.15, 0.2) is 18.2 Å². The molecule has 1 aromatic carbocycles. The van der Waals surface area contributed by atoms with Crippen molar-refractivity contribution in [2.24, 2.45) is 11.3 Å². The molecule has 0 spiro atoms. The number of ether oxygens (including phenoxy) is 2. The number of hydrogen-bond donors (Lipinski definition) is 1. The van der Waals surface area contributed by atoms with Crippen LogP contribution >= 0.6 is 0 Å². The number of carbonyl (C=O) groups excluding carboxylic acids is 2. The Bertz CT molecular complexity index is 825. The Morgan fingerprint density at radius 1 is 1.21 bits per heavy atom. The highest BCUT2D eigenvalue weighted by molar-refractivity contribution is 6.00. The van der Waals surface area contributed by atoms with E-state index < -0.39 is 17.3 Å². The van der Waals surface area contributed by atoms with Gasteiger partial charge in [0, 0.05) is 37.8 Å². The van der Waals surface area contributed by atoms with Gasteiger partial charge in [0.15, 0.2) is 11.5 Å². The number of carbonyl (C=O) groups is 3. The van der Waals surface area contributed by atoms with E-state index in [9.17, 15) is 19.5 Å². The van der Waals surface area contributed by atoms with Gasteiger partial charge in [-0.1, -0.05) is 0 Å². The Labute approximate surface area is 163 Å². The molecule has 3 aliphatic heterocycles. The van der Waals surface area contributed by atoms with E-state index in [1.807, 2.05) is 0 Å². The van der Waals surface area contributed by atoms with Crippen LogP contribution in [0.3, 0.4) is 0 Å². The maximum absolute atomic E-state index is 13.0. The smallest absolute Gasteiger partial charge is 0.311 e. The Kier molecular flexibility index (Phi) is 4.64. The molecule has 150 valence electrons. The minimum atomic E-state index is -0.925. The highest BCUT2D eigenvalue weighted by Crippen LogP contribution is 2.37. The molecule has 0 bridgehead atoms. The van der Waals surface area contributed by atoms with Crippen molar-refractivity contribution in [1.82, 2.24) is 4.90 Å². The van der Waals surface area contributed by atoms with Crippen LogP contribution in [0.4, 0.5) is 5.69 Å². The Morgan fingerprint density at radius 3 is 2.71 bits per heavy atom. The molecule has 4 rings (SSSR count). The van der Waals surface area contributed by atoms with Gasteiger partial charge in [-0.3, -0.25) is 14.4 Å². The largest absolute Gasteiger partial charge is 0.486 e. The maximum atomic E-state index is 13.0. The Hall–Kier alpha value is -2.77. The lowest BCUT2D eigenvalue weighted by Gasteiger charge is -2.38. The quantitative estimate of drug-likeness (QED) is 0.844. The van der Waals surface area contributed by atoms with Crippen molar-refractivity contribution in [3.05, 3.63) is 18.2 Å². The van der Waals surface area contributed by atoms with Crippen LogP contribution in [0, 0.1) is 11.3 Å². The second-order valence-electron chi connectivity index (χ2n) is 7.96. The van der Waals surface area contributed by atoms with E-state index in [0.29, 0.717) is 49.8 Å². The van der Waals surface area contributed by atoms with Crippen molar-refractivity contribution in [2.75, 3.05) is 37.7 Å². The van der Waals surface area contributed by atoms with Gasteiger partial charge in [0.2, 0.25) is 11.8 Å². The topological polar surface area (TPSA) is 96.4 Å². The van der Waals surface area contributed by atoms with E-state index in [0.717, 1.165) is 0 Å². The molecule has 0 aromatic heterocycles. The summed E-state index contributed by atoms with van der Waals surface area (Å²) in [4.78, 5) is 40.3. The molecule has 8 heteroatoms. The number of likely N-dealkylation sites (tertiary alicyclic amines) is 1. The van der Waals surface area contributed by atoms with Gasteiger partial charge in [-0.05, 0) is 31.9 Å². The molecular weight excluding hydrogens is 364 g/mol. The minimum Gasteiger partial charge on any atom is -0.486 e. The van der Waals surface area contributed by atoms with Crippen molar-refractivity contribution in [1.29, 1.82) is 0 Å². The van der Waals surface area contributed by atoms with E-state index in [-0.39, 0.29) is 31.3 Å². The maximum Gasteiger partial charge on any atom is 0.311 e. The molecule has 28 heavy (non-hydrogen) atoms. The monoisotopic (exact) mass is 388 g/mol. The summed E-state index contributed by atoms with van der Waals surface area (Å²) in [5, 5.41) is 9.47. The number of hydrogen-bond acceptors (Lipinski definition) is 5. The third-order valence-corrected chi connectivity index (χ3v) is 5.84. The number of nitrogens with zero attached hydrogens (tertiary/aromatic N) is 2. The second kappa shape index (κ2) is 7.00. The van der Waals surface area contributed by atoms with Gasteiger partial charge in [0.25, 0.3) is 0 Å². The van der Waals surface area contributed by atoms with E-state index in [1.165, 1.54) is 0 Å². The molecule has 2 unspecified atom stereocenters. The molecule has 0 radical (unpaired) electrons. The van der Waals surface area contributed by atoms with E-state index >= 15 is 0 Å². The van der Waals surface area contributed by atoms with Crippen molar-refractivity contribution in [3.63, 3.8) is 0 Å².